The van der Waals surface area contributed by atoms with E-state index in [0.717, 1.165) is 17.0 Å². The van der Waals surface area contributed by atoms with Gasteiger partial charge in [-0.05, 0) is 17.5 Å². The highest BCUT2D eigenvalue weighted by molar-refractivity contribution is 7.09. The van der Waals surface area contributed by atoms with Gasteiger partial charge in [-0.1, -0.05) is 44.7 Å². The Bertz CT molecular complexity index is 586. The minimum Gasteiger partial charge on any atom is -0.485 e. The zero-order valence-electron chi connectivity index (χ0n) is 14.4. The molecule has 6 nitrogen and oxygen atoms in total. The lowest BCUT2D eigenvalue weighted by Crippen LogP contribution is -2.25. The summed E-state index contributed by atoms with van der Waals surface area (Å²) in [7, 11) is 1.79. The van der Waals surface area contributed by atoms with Gasteiger partial charge in [0.25, 0.3) is 0 Å². The summed E-state index contributed by atoms with van der Waals surface area (Å²) in [6.07, 6.45) is 2.18. The number of thiophene rings is 1. The molecule has 0 saturated carbocycles. The number of hydrogen-bond donors (Lipinski definition) is 3. The number of hydrogen-bond acceptors (Lipinski definition) is 6. The first kappa shape index (κ1) is 21.6. The average molecular weight is 350 g/mol. The van der Waals surface area contributed by atoms with E-state index in [1.807, 2.05) is 49.6 Å². The van der Waals surface area contributed by atoms with E-state index in [1.54, 1.807) is 34.9 Å². The minimum absolute atomic E-state index is 0.403. The van der Waals surface area contributed by atoms with Crippen molar-refractivity contribution in [2.75, 3.05) is 12.1 Å². The van der Waals surface area contributed by atoms with E-state index in [2.05, 4.69) is 12.4 Å². The van der Waals surface area contributed by atoms with Crippen LogP contribution in [0.1, 0.15) is 24.3 Å². The molecular formula is C17H26N4O2S. The molecule has 0 unspecified atom stereocenters. The number of nitrogens with zero attached hydrogens (tertiary/aromatic N) is 1. The van der Waals surface area contributed by atoms with Crippen LogP contribution in [0.5, 0.6) is 5.75 Å². The topological polar surface area (TPSA) is 93.6 Å². The normalized spacial score (nSPS) is 8.71. The van der Waals surface area contributed by atoms with Crippen LogP contribution in [-0.4, -0.2) is 13.5 Å². The van der Waals surface area contributed by atoms with Crippen molar-refractivity contribution in [3.8, 4) is 5.75 Å². The fraction of sp³-hybridized carbons (Fsp3) is 0.235. The van der Waals surface area contributed by atoms with Gasteiger partial charge in [-0.25, -0.2) is 11.7 Å². The Morgan fingerprint density at radius 2 is 2.00 bits per heavy atom. The highest BCUT2D eigenvalue weighted by Crippen LogP contribution is 2.32. The van der Waals surface area contributed by atoms with Gasteiger partial charge in [0.1, 0.15) is 6.61 Å². The maximum Gasteiger partial charge on any atom is 0.221 e. The van der Waals surface area contributed by atoms with Gasteiger partial charge in [-0.15, -0.1) is 11.3 Å². The second-order valence-corrected chi connectivity index (χ2v) is 5.20. The number of para-hydroxylation sites is 1. The maximum atomic E-state index is 8.94. The van der Waals surface area contributed by atoms with Crippen molar-refractivity contribution in [3.63, 3.8) is 0 Å². The van der Waals surface area contributed by atoms with Gasteiger partial charge in [0.15, 0.2) is 5.75 Å². The molecule has 7 heteroatoms. The Morgan fingerprint density at radius 3 is 2.46 bits per heavy atom. The highest BCUT2D eigenvalue weighted by Gasteiger charge is 2.10. The largest absolute Gasteiger partial charge is 0.485 e. The molecule has 24 heavy (non-hydrogen) atoms. The molecule has 2 rings (SSSR count). The van der Waals surface area contributed by atoms with Crippen LogP contribution in [0.3, 0.4) is 0 Å². The SMILES string of the molecule is C=Cc1cccc(N(C)N)c1OCc1cccs1.CC.NNC=O. The van der Waals surface area contributed by atoms with Crippen molar-refractivity contribution < 1.29 is 9.53 Å². The number of rotatable bonds is 6. The third-order valence-corrected chi connectivity index (χ3v) is 3.48. The van der Waals surface area contributed by atoms with Crippen molar-refractivity contribution in [2.45, 2.75) is 20.5 Å². The third kappa shape index (κ3) is 7.28. The second kappa shape index (κ2) is 13.1. The van der Waals surface area contributed by atoms with Crippen LogP contribution >= 0.6 is 11.3 Å². The van der Waals surface area contributed by atoms with Gasteiger partial charge >= 0.3 is 0 Å². The lowest BCUT2D eigenvalue weighted by atomic mass is 10.1. The van der Waals surface area contributed by atoms with Crippen LogP contribution < -0.4 is 26.9 Å². The molecule has 0 saturated heterocycles. The molecule has 1 amide bonds. The number of ether oxygens (including phenoxy) is 1. The fourth-order valence-corrected chi connectivity index (χ4v) is 2.29. The standard InChI is InChI=1S/C14H16N2OS.C2H6.CH4N2O/c1-3-11-6-4-8-13(16(2)15)14(11)17-10-12-7-5-9-18-12;1-2;2-3-1-4/h3-9H,1,10,15H2,2H3;1-2H3;1H,2H2,(H,3,4). The number of carbonyl (C=O) groups is 1. The Labute approximate surface area is 147 Å². The van der Waals surface area contributed by atoms with Crippen molar-refractivity contribution in [1.29, 1.82) is 0 Å². The van der Waals surface area contributed by atoms with Crippen molar-refractivity contribution in [2.24, 2.45) is 11.7 Å². The summed E-state index contributed by atoms with van der Waals surface area (Å²) in [5.74, 6) is 11.0. The van der Waals surface area contributed by atoms with Gasteiger partial charge in [-0.3, -0.25) is 10.2 Å². The van der Waals surface area contributed by atoms with Gasteiger partial charge in [0, 0.05) is 17.5 Å². The van der Waals surface area contributed by atoms with E-state index >= 15 is 0 Å². The summed E-state index contributed by atoms with van der Waals surface area (Å²) in [6.45, 7) is 8.35. The molecule has 2 aromatic rings. The number of anilines is 1. The Balaban J connectivity index is 0.000000773. The van der Waals surface area contributed by atoms with Crippen LogP contribution in [0.4, 0.5) is 5.69 Å². The zero-order valence-corrected chi connectivity index (χ0v) is 15.2. The smallest absolute Gasteiger partial charge is 0.221 e. The second-order valence-electron chi connectivity index (χ2n) is 4.16. The van der Waals surface area contributed by atoms with Crippen LogP contribution in [0.2, 0.25) is 0 Å². The molecular weight excluding hydrogens is 324 g/mol. The van der Waals surface area contributed by atoms with Crippen LogP contribution in [0, 0.1) is 0 Å². The molecule has 0 aliphatic heterocycles. The third-order valence-electron chi connectivity index (χ3n) is 2.63. The molecule has 0 aliphatic carbocycles. The van der Waals surface area contributed by atoms with E-state index in [0.29, 0.717) is 13.0 Å². The summed E-state index contributed by atoms with van der Waals surface area (Å²) >= 11 is 1.67. The van der Waals surface area contributed by atoms with E-state index in [1.165, 1.54) is 4.88 Å². The number of nitrogens with one attached hydrogen (secondary N) is 1. The molecule has 1 aromatic heterocycles. The predicted octanol–water partition coefficient (Wildman–Crippen LogP) is 2.91. The first-order valence-electron chi connectivity index (χ1n) is 7.42. The van der Waals surface area contributed by atoms with Gasteiger partial charge in [0.2, 0.25) is 6.41 Å². The quantitative estimate of drug-likeness (QED) is 0.322. The molecule has 132 valence electrons. The summed E-state index contributed by atoms with van der Waals surface area (Å²) in [4.78, 5) is 10.1. The summed E-state index contributed by atoms with van der Waals surface area (Å²) in [5.41, 5.74) is 3.55. The maximum absolute atomic E-state index is 8.94. The highest BCUT2D eigenvalue weighted by atomic mass is 32.1. The van der Waals surface area contributed by atoms with Crippen molar-refractivity contribution in [3.05, 3.63) is 52.7 Å². The number of benzene rings is 1. The van der Waals surface area contributed by atoms with Crippen molar-refractivity contribution >= 4 is 29.5 Å². The first-order chi connectivity index (χ1) is 11.6. The molecule has 1 heterocycles. The number of carbonyl (C=O) groups excluding carboxylic acids is 1. The summed E-state index contributed by atoms with van der Waals surface area (Å²) in [6, 6.07) is 9.89. The fourth-order valence-electron chi connectivity index (χ4n) is 1.68. The molecule has 5 N–H and O–H groups in total. The summed E-state index contributed by atoms with van der Waals surface area (Å²) < 4.78 is 5.88. The molecule has 0 bridgehead atoms. The molecule has 0 radical (unpaired) electrons. The van der Waals surface area contributed by atoms with Gasteiger partial charge in [0.05, 0.1) is 5.69 Å². The lowest BCUT2D eigenvalue weighted by molar-refractivity contribution is -0.109. The van der Waals surface area contributed by atoms with Crippen molar-refractivity contribution in [1.82, 2.24) is 5.43 Å². The lowest BCUT2D eigenvalue weighted by Gasteiger charge is -2.19. The predicted molar refractivity (Wildman–Crippen MR) is 103 cm³/mol. The molecule has 0 spiro atoms. The Kier molecular flexibility index (Phi) is 11.8. The average Bonchev–Trinajstić information content (AvgIpc) is 3.15. The molecule has 0 atom stereocenters. The van der Waals surface area contributed by atoms with Gasteiger partial charge in [-0.2, -0.15) is 0 Å². The van der Waals surface area contributed by atoms with Crippen LogP contribution in [-0.2, 0) is 11.4 Å². The first-order valence-corrected chi connectivity index (χ1v) is 8.30. The monoisotopic (exact) mass is 350 g/mol. The Hall–Kier alpha value is -2.35. The van der Waals surface area contributed by atoms with Crippen LogP contribution in [0.25, 0.3) is 6.08 Å². The van der Waals surface area contributed by atoms with Gasteiger partial charge < -0.3 is 9.75 Å². The van der Waals surface area contributed by atoms with Crippen LogP contribution in [0.15, 0.2) is 42.3 Å². The van der Waals surface area contributed by atoms with E-state index < -0.39 is 0 Å². The molecule has 0 fully saturated rings. The minimum atomic E-state index is 0.403. The number of hydrazine groups is 2. The van der Waals surface area contributed by atoms with E-state index in [9.17, 15) is 0 Å². The van der Waals surface area contributed by atoms with E-state index in [-0.39, 0.29) is 0 Å². The Morgan fingerprint density at radius 1 is 1.33 bits per heavy atom. The molecule has 1 aromatic carbocycles. The van der Waals surface area contributed by atoms with E-state index in [4.69, 9.17) is 15.4 Å². The number of amides is 1. The number of nitrogens with two attached hydrogens (primary N) is 2. The molecule has 0 aliphatic rings. The zero-order chi connectivity index (χ0) is 18.4. The summed E-state index contributed by atoms with van der Waals surface area (Å²) in [5, 5.41) is 3.59.